The molecular formula is C24H40N6O7Si2. The van der Waals surface area contributed by atoms with E-state index in [-0.39, 0.29) is 39.5 Å². The van der Waals surface area contributed by atoms with Crippen molar-refractivity contribution in [1.82, 2.24) is 0 Å². The molecule has 2 fully saturated rings. The average Bonchev–Trinajstić information content (AvgIpc) is 3.13. The predicted octanol–water partition coefficient (Wildman–Crippen LogP) is 6.94. The van der Waals surface area contributed by atoms with Crippen LogP contribution in [0.5, 0.6) is 0 Å². The predicted molar refractivity (Wildman–Crippen MR) is 152 cm³/mol. The highest BCUT2D eigenvalue weighted by Crippen LogP contribution is 2.49. The quantitative estimate of drug-likeness (QED) is 0.0815. The Labute approximate surface area is 231 Å². The molecule has 4 atom stereocenters. The Kier molecular flexibility index (Phi) is 9.45. The van der Waals surface area contributed by atoms with Gasteiger partial charge in [0.25, 0.3) is 11.4 Å². The second-order valence-electron chi connectivity index (χ2n) is 11.7. The van der Waals surface area contributed by atoms with E-state index in [1.165, 1.54) is 12.1 Å². The number of nitrogens with zero attached hydrogens (tertiary/aromatic N) is 5. The van der Waals surface area contributed by atoms with Crippen LogP contribution in [0.15, 0.2) is 23.3 Å². The Morgan fingerprint density at radius 1 is 1.00 bits per heavy atom. The lowest BCUT2D eigenvalue weighted by atomic mass is 10.1. The van der Waals surface area contributed by atoms with E-state index >= 15 is 0 Å². The lowest BCUT2D eigenvalue weighted by Crippen LogP contribution is -2.65. The number of anilines is 1. The molecule has 13 nitrogen and oxygen atoms in total. The van der Waals surface area contributed by atoms with Gasteiger partial charge in [-0.1, -0.05) is 60.5 Å². The van der Waals surface area contributed by atoms with Gasteiger partial charge >= 0.3 is 17.1 Å². The molecule has 216 valence electrons. The Balaban J connectivity index is 2.09. The largest absolute Gasteiger partial charge is 0.414 e. The average molecular weight is 581 g/mol. The second kappa shape index (κ2) is 11.9. The monoisotopic (exact) mass is 580 g/mol. The Hall–Kier alpha value is -2.56. The molecule has 0 radical (unpaired) electrons. The van der Waals surface area contributed by atoms with E-state index in [2.05, 4.69) is 70.7 Å². The smallest absolute Gasteiger partial charge is 0.334 e. The molecule has 0 unspecified atom stereocenters. The van der Waals surface area contributed by atoms with Crippen LogP contribution < -0.4 is 5.32 Å². The van der Waals surface area contributed by atoms with Gasteiger partial charge in [0, 0.05) is 29.5 Å². The van der Waals surface area contributed by atoms with Gasteiger partial charge in [-0.15, -0.1) is 0 Å². The van der Waals surface area contributed by atoms with E-state index in [9.17, 15) is 25.8 Å². The van der Waals surface area contributed by atoms with Crippen LogP contribution >= 0.6 is 0 Å². The summed E-state index contributed by atoms with van der Waals surface area (Å²) in [5.74, 6) is -0.146. The normalized spacial score (nSPS) is 26.2. The number of fused-ring (bicyclic) bond motifs is 1. The minimum absolute atomic E-state index is 0.0821. The van der Waals surface area contributed by atoms with Crippen molar-refractivity contribution in [3.8, 4) is 0 Å². The lowest BCUT2D eigenvalue weighted by Gasteiger charge is -2.51. The van der Waals surface area contributed by atoms with Gasteiger partial charge in [-0.05, 0) is 40.2 Å². The maximum absolute atomic E-state index is 11.8. The molecule has 1 aliphatic carbocycles. The number of azide groups is 1. The molecule has 1 aliphatic heterocycles. The number of benzene rings is 1. The van der Waals surface area contributed by atoms with Crippen LogP contribution in [0, 0.1) is 26.1 Å². The summed E-state index contributed by atoms with van der Waals surface area (Å²) in [6, 6.07) is 2.25. The molecular weight excluding hydrogens is 540 g/mol. The number of rotatable bonds is 9. The molecule has 0 spiro atoms. The molecule has 0 aromatic heterocycles. The van der Waals surface area contributed by atoms with E-state index < -0.39 is 50.8 Å². The summed E-state index contributed by atoms with van der Waals surface area (Å²) in [6.45, 7) is 17.3. The zero-order valence-corrected chi connectivity index (χ0v) is 25.9. The zero-order valence-electron chi connectivity index (χ0n) is 23.9. The Morgan fingerprint density at radius 3 is 2.08 bits per heavy atom. The van der Waals surface area contributed by atoms with Crippen molar-refractivity contribution in [3.05, 3.63) is 48.9 Å². The fourth-order valence-corrected chi connectivity index (χ4v) is 17.4. The fraction of sp³-hybridized carbons (Fsp3) is 0.750. The summed E-state index contributed by atoms with van der Waals surface area (Å²) in [4.78, 5) is 24.7. The van der Waals surface area contributed by atoms with E-state index in [4.69, 9.17) is 13.0 Å². The summed E-state index contributed by atoms with van der Waals surface area (Å²) >= 11 is 0. The van der Waals surface area contributed by atoms with E-state index in [1.807, 2.05) is 0 Å². The summed E-state index contributed by atoms with van der Waals surface area (Å²) in [6.07, 6.45) is -0.0394. The number of nitro benzene ring substituents is 2. The Morgan fingerprint density at radius 2 is 1.59 bits per heavy atom. The first-order valence-electron chi connectivity index (χ1n) is 13.5. The van der Waals surface area contributed by atoms with Crippen LogP contribution in [-0.4, -0.2) is 51.8 Å². The van der Waals surface area contributed by atoms with Crippen molar-refractivity contribution >= 4 is 34.2 Å². The third-order valence-electron chi connectivity index (χ3n) is 8.07. The van der Waals surface area contributed by atoms with Crippen LogP contribution in [-0.2, 0) is 13.0 Å². The minimum atomic E-state index is -2.97. The highest BCUT2D eigenvalue weighted by molar-refractivity contribution is 6.83. The minimum Gasteiger partial charge on any atom is -0.414 e. The van der Waals surface area contributed by atoms with Crippen molar-refractivity contribution in [2.45, 2.75) is 102 Å². The Bertz CT molecular complexity index is 1110. The molecule has 2 aliphatic rings. The lowest BCUT2D eigenvalue weighted by molar-refractivity contribution is -0.393. The van der Waals surface area contributed by atoms with Crippen LogP contribution in [0.25, 0.3) is 10.4 Å². The highest BCUT2D eigenvalue weighted by Gasteiger charge is 2.61. The molecule has 1 aromatic carbocycles. The van der Waals surface area contributed by atoms with E-state index in [0.717, 1.165) is 6.07 Å². The topological polar surface area (TPSA) is 175 Å². The summed E-state index contributed by atoms with van der Waals surface area (Å²) in [5.41, 5.74) is 9.32. The first kappa shape index (κ1) is 31.0. The van der Waals surface area contributed by atoms with Crippen molar-refractivity contribution < 1.29 is 22.8 Å². The van der Waals surface area contributed by atoms with Gasteiger partial charge < -0.3 is 18.3 Å². The summed E-state index contributed by atoms with van der Waals surface area (Å²) in [5, 5.41) is 30.2. The molecule has 1 aromatic rings. The number of nitrogens with one attached hydrogen (secondary N) is 1. The fourth-order valence-electron chi connectivity index (χ4n) is 6.06. The second-order valence-corrected chi connectivity index (χ2v) is 20.6. The number of non-ortho nitro benzene ring substituents is 1. The first-order valence-corrected chi connectivity index (χ1v) is 17.4. The molecule has 3 rings (SSSR count). The maximum Gasteiger partial charge on any atom is 0.334 e. The maximum atomic E-state index is 11.8. The van der Waals surface area contributed by atoms with Gasteiger partial charge in [-0.2, -0.15) is 0 Å². The van der Waals surface area contributed by atoms with Gasteiger partial charge in [-0.25, -0.2) is 0 Å². The standard InChI is InChI=1S/C24H40N6O7Si2/c1-14(2)38(15(3)4)35-13-18-11-21(26-20-10-9-19(29(31)32)12-22(20)30(33)34)23(27-28-25)24(18)36-39(37-38,16(5)6)17(7)8/h9-10,12,14-18,21,23-24,26H,11,13H2,1-8H3/t18-,21-,23+,24-/m1/s1. The number of hydrogen-bond donors (Lipinski definition) is 1. The van der Waals surface area contributed by atoms with Crippen LogP contribution in [0.2, 0.25) is 22.2 Å². The van der Waals surface area contributed by atoms with Crippen molar-refractivity contribution in [2.75, 3.05) is 11.9 Å². The van der Waals surface area contributed by atoms with Crippen molar-refractivity contribution in [3.63, 3.8) is 0 Å². The third-order valence-corrected chi connectivity index (χ3v) is 18.3. The van der Waals surface area contributed by atoms with Crippen molar-refractivity contribution in [1.29, 1.82) is 0 Å². The highest BCUT2D eigenvalue weighted by atomic mass is 28.5. The summed E-state index contributed by atoms with van der Waals surface area (Å²) < 4.78 is 21.1. The molecule has 1 N–H and O–H groups in total. The van der Waals surface area contributed by atoms with Gasteiger partial charge in [0.15, 0.2) is 0 Å². The summed E-state index contributed by atoms with van der Waals surface area (Å²) in [7, 11) is -5.72. The van der Waals surface area contributed by atoms with Gasteiger partial charge in [0.05, 0.1) is 28.1 Å². The van der Waals surface area contributed by atoms with Gasteiger partial charge in [0.1, 0.15) is 5.69 Å². The molecule has 15 heteroatoms. The number of nitro groups is 2. The van der Waals surface area contributed by atoms with Crippen molar-refractivity contribution in [2.24, 2.45) is 11.0 Å². The first-order chi connectivity index (χ1) is 18.2. The number of hydrogen-bond acceptors (Lipinski definition) is 9. The molecule has 1 saturated carbocycles. The van der Waals surface area contributed by atoms with Crippen LogP contribution in [0.3, 0.4) is 0 Å². The van der Waals surface area contributed by atoms with Crippen LogP contribution in [0.1, 0.15) is 61.8 Å². The molecule has 0 amide bonds. The molecule has 0 bridgehead atoms. The van der Waals surface area contributed by atoms with Gasteiger partial charge in [0.2, 0.25) is 0 Å². The molecule has 1 saturated heterocycles. The SMILES string of the molecule is CC(C)[Si]1(C(C)C)OC[C@H]2C[C@@H](Nc3ccc([N+](=O)[O-])cc3[N+](=O)[O-])[C@H](N=[N+]=[N-])[C@@H]2O[Si](C(C)C)(C(C)C)O1. The van der Waals surface area contributed by atoms with Crippen LogP contribution in [0.4, 0.5) is 17.1 Å². The third kappa shape index (κ3) is 5.83. The molecule has 1 heterocycles. The van der Waals surface area contributed by atoms with E-state index in [0.29, 0.717) is 13.0 Å². The molecule has 39 heavy (non-hydrogen) atoms. The van der Waals surface area contributed by atoms with Gasteiger partial charge in [-0.3, -0.25) is 20.2 Å². The zero-order chi connectivity index (χ0) is 29.3. The van der Waals surface area contributed by atoms with E-state index in [1.54, 1.807) is 0 Å².